The fourth-order valence-electron chi connectivity index (χ4n) is 3.36. The van der Waals surface area contributed by atoms with Crippen LogP contribution in [-0.2, 0) is 20.7 Å². The molecule has 0 aliphatic carbocycles. The molecule has 0 saturated carbocycles. The number of methoxy groups -OCH3 is 3. The second-order valence-corrected chi connectivity index (χ2v) is 7.85. The van der Waals surface area contributed by atoms with E-state index in [2.05, 4.69) is 5.32 Å². The predicted octanol–water partition coefficient (Wildman–Crippen LogP) is 5.14. The first-order valence-electron chi connectivity index (χ1n) is 10.5. The maximum absolute atomic E-state index is 13.1. The summed E-state index contributed by atoms with van der Waals surface area (Å²) in [6, 6.07) is 17.3. The number of halogens is 1. The Balaban J connectivity index is 1.82. The molecule has 1 N–H and O–H groups in total. The summed E-state index contributed by atoms with van der Waals surface area (Å²) >= 11 is 6.17. The molecule has 34 heavy (non-hydrogen) atoms. The second kappa shape index (κ2) is 11.4. The van der Waals surface area contributed by atoms with Gasteiger partial charge in [0.25, 0.3) is 5.91 Å². The first-order chi connectivity index (χ1) is 16.4. The molecule has 0 bridgehead atoms. The summed E-state index contributed by atoms with van der Waals surface area (Å²) in [5, 5.41) is 3.29. The van der Waals surface area contributed by atoms with Gasteiger partial charge >= 0.3 is 5.97 Å². The van der Waals surface area contributed by atoms with Crippen molar-refractivity contribution in [2.45, 2.75) is 19.4 Å². The SMILES string of the molecule is COc1cc(CC(=O)OC(C(=O)Nc2ccc(C)c(Cl)c2)c2ccccc2)cc(OC)c1OC. The molecule has 0 spiro atoms. The highest BCUT2D eigenvalue weighted by molar-refractivity contribution is 6.31. The fourth-order valence-corrected chi connectivity index (χ4v) is 3.54. The molecule has 0 radical (unpaired) electrons. The van der Waals surface area contributed by atoms with Crippen LogP contribution in [0, 0.1) is 6.92 Å². The van der Waals surface area contributed by atoms with Crippen molar-refractivity contribution in [3.8, 4) is 17.2 Å². The van der Waals surface area contributed by atoms with Crippen molar-refractivity contribution in [3.05, 3.63) is 82.4 Å². The number of ether oxygens (including phenoxy) is 4. The largest absolute Gasteiger partial charge is 0.493 e. The zero-order chi connectivity index (χ0) is 24.7. The lowest BCUT2D eigenvalue weighted by Gasteiger charge is -2.19. The van der Waals surface area contributed by atoms with Crippen LogP contribution in [0.5, 0.6) is 17.2 Å². The van der Waals surface area contributed by atoms with Crippen molar-refractivity contribution in [2.24, 2.45) is 0 Å². The molecule has 0 saturated heterocycles. The molecule has 3 rings (SSSR count). The first kappa shape index (κ1) is 24.9. The Morgan fingerprint density at radius 3 is 2.12 bits per heavy atom. The van der Waals surface area contributed by atoms with Crippen LogP contribution in [0.25, 0.3) is 0 Å². The lowest BCUT2D eigenvalue weighted by atomic mass is 10.1. The smallest absolute Gasteiger partial charge is 0.311 e. The summed E-state index contributed by atoms with van der Waals surface area (Å²) in [4.78, 5) is 26.0. The third kappa shape index (κ3) is 5.99. The van der Waals surface area contributed by atoms with E-state index in [0.29, 0.717) is 39.1 Å². The minimum atomic E-state index is -1.16. The number of esters is 1. The summed E-state index contributed by atoms with van der Waals surface area (Å²) in [5.41, 5.74) is 2.51. The zero-order valence-corrected chi connectivity index (χ0v) is 20.1. The van der Waals surface area contributed by atoms with Crippen molar-refractivity contribution >= 4 is 29.2 Å². The number of hydrogen-bond acceptors (Lipinski definition) is 6. The van der Waals surface area contributed by atoms with Crippen LogP contribution in [0.1, 0.15) is 22.8 Å². The summed E-state index contributed by atoms with van der Waals surface area (Å²) in [5.74, 6) is 0.154. The maximum atomic E-state index is 13.1. The maximum Gasteiger partial charge on any atom is 0.311 e. The Kier molecular flexibility index (Phi) is 8.38. The predicted molar refractivity (Wildman–Crippen MR) is 130 cm³/mol. The summed E-state index contributed by atoms with van der Waals surface area (Å²) in [6.07, 6.45) is -1.26. The standard InChI is InChI=1S/C26H26ClNO6/c1-16-10-11-19(15-20(16)27)28-26(30)24(18-8-6-5-7-9-18)34-23(29)14-17-12-21(31-2)25(33-4)22(13-17)32-3/h5-13,15,24H,14H2,1-4H3,(H,28,30). The minimum Gasteiger partial charge on any atom is -0.493 e. The zero-order valence-electron chi connectivity index (χ0n) is 19.4. The summed E-state index contributed by atoms with van der Waals surface area (Å²) in [7, 11) is 4.48. The van der Waals surface area contributed by atoms with Crippen LogP contribution in [0.2, 0.25) is 5.02 Å². The Morgan fingerprint density at radius 1 is 0.912 bits per heavy atom. The highest BCUT2D eigenvalue weighted by Gasteiger charge is 2.26. The third-order valence-electron chi connectivity index (χ3n) is 5.10. The second-order valence-electron chi connectivity index (χ2n) is 7.44. The molecule has 1 unspecified atom stereocenters. The number of carbonyl (C=O) groups is 2. The van der Waals surface area contributed by atoms with Crippen molar-refractivity contribution in [1.82, 2.24) is 0 Å². The average Bonchev–Trinajstić information content (AvgIpc) is 2.84. The van der Waals surface area contributed by atoms with Gasteiger partial charge in [-0.2, -0.15) is 0 Å². The van der Waals surface area contributed by atoms with Gasteiger partial charge < -0.3 is 24.3 Å². The molecule has 0 heterocycles. The molecule has 3 aromatic rings. The molecule has 0 aliphatic heterocycles. The van der Waals surface area contributed by atoms with Gasteiger partial charge in [-0.25, -0.2) is 0 Å². The molecular formula is C26H26ClNO6. The van der Waals surface area contributed by atoms with Crippen molar-refractivity contribution in [2.75, 3.05) is 26.6 Å². The van der Waals surface area contributed by atoms with Crippen molar-refractivity contribution < 1.29 is 28.5 Å². The Morgan fingerprint density at radius 2 is 1.56 bits per heavy atom. The number of hydrogen-bond donors (Lipinski definition) is 1. The number of carbonyl (C=O) groups excluding carboxylic acids is 2. The van der Waals surface area contributed by atoms with E-state index in [1.54, 1.807) is 54.6 Å². The van der Waals surface area contributed by atoms with E-state index in [1.807, 2.05) is 13.0 Å². The van der Waals surface area contributed by atoms with Crippen LogP contribution in [0.4, 0.5) is 5.69 Å². The number of benzene rings is 3. The molecule has 0 aliphatic rings. The van der Waals surface area contributed by atoms with Crippen molar-refractivity contribution in [3.63, 3.8) is 0 Å². The number of rotatable bonds is 9. The minimum absolute atomic E-state index is 0.107. The van der Waals surface area contributed by atoms with Gasteiger partial charge in [0.15, 0.2) is 11.5 Å². The molecule has 8 heteroatoms. The average molecular weight is 484 g/mol. The van der Waals surface area contributed by atoms with Gasteiger partial charge in [0, 0.05) is 16.3 Å². The van der Waals surface area contributed by atoms with Gasteiger partial charge in [0.1, 0.15) is 0 Å². The number of aryl methyl sites for hydroxylation is 1. The van der Waals surface area contributed by atoms with Gasteiger partial charge in [-0.15, -0.1) is 0 Å². The third-order valence-corrected chi connectivity index (χ3v) is 5.51. The molecule has 178 valence electrons. The normalized spacial score (nSPS) is 11.3. The van der Waals surface area contributed by atoms with Crippen LogP contribution in [0.3, 0.4) is 0 Å². The van der Waals surface area contributed by atoms with E-state index in [1.165, 1.54) is 21.3 Å². The van der Waals surface area contributed by atoms with Crippen LogP contribution >= 0.6 is 11.6 Å². The number of anilines is 1. The van der Waals surface area contributed by atoms with Crippen LogP contribution in [-0.4, -0.2) is 33.2 Å². The Labute approximate surface area is 203 Å². The van der Waals surface area contributed by atoms with Crippen molar-refractivity contribution in [1.29, 1.82) is 0 Å². The van der Waals surface area contributed by atoms with Gasteiger partial charge in [-0.05, 0) is 42.3 Å². The molecule has 0 fully saturated rings. The quantitative estimate of drug-likeness (QED) is 0.424. The van der Waals surface area contributed by atoms with Crippen LogP contribution in [0.15, 0.2) is 60.7 Å². The molecule has 0 aromatic heterocycles. The molecule has 3 aromatic carbocycles. The van der Waals surface area contributed by atoms with E-state index >= 15 is 0 Å². The van der Waals surface area contributed by atoms with E-state index in [4.69, 9.17) is 30.5 Å². The summed E-state index contributed by atoms with van der Waals surface area (Å²) < 4.78 is 21.6. The lowest BCUT2D eigenvalue weighted by molar-refractivity contribution is -0.154. The highest BCUT2D eigenvalue weighted by atomic mass is 35.5. The molecule has 1 atom stereocenters. The lowest BCUT2D eigenvalue weighted by Crippen LogP contribution is -2.26. The highest BCUT2D eigenvalue weighted by Crippen LogP contribution is 2.38. The molecule has 1 amide bonds. The molecular weight excluding hydrogens is 458 g/mol. The van der Waals surface area contributed by atoms with E-state index in [0.717, 1.165) is 5.56 Å². The Bertz CT molecular complexity index is 1140. The number of nitrogens with one attached hydrogen (secondary N) is 1. The fraction of sp³-hybridized carbons (Fsp3) is 0.231. The van der Waals surface area contributed by atoms with E-state index in [9.17, 15) is 9.59 Å². The first-order valence-corrected chi connectivity index (χ1v) is 10.8. The van der Waals surface area contributed by atoms with Gasteiger partial charge in [0.05, 0.1) is 27.8 Å². The van der Waals surface area contributed by atoms with Gasteiger partial charge in [-0.1, -0.05) is 48.0 Å². The topological polar surface area (TPSA) is 83.1 Å². The van der Waals surface area contributed by atoms with E-state index in [-0.39, 0.29) is 6.42 Å². The monoisotopic (exact) mass is 483 g/mol. The van der Waals surface area contributed by atoms with E-state index < -0.39 is 18.0 Å². The Hall–Kier alpha value is -3.71. The van der Waals surface area contributed by atoms with Gasteiger partial charge in [0.2, 0.25) is 11.9 Å². The molecule has 7 nitrogen and oxygen atoms in total. The van der Waals surface area contributed by atoms with Gasteiger partial charge in [-0.3, -0.25) is 9.59 Å². The summed E-state index contributed by atoms with van der Waals surface area (Å²) in [6.45, 7) is 1.87. The van der Waals surface area contributed by atoms with Crippen LogP contribution < -0.4 is 19.5 Å². The number of amides is 1.